The number of aliphatic hydroxyl groups is 3. The summed E-state index contributed by atoms with van der Waals surface area (Å²) in [6.45, 7) is 12.1. The minimum absolute atomic E-state index is 0.153. The molecule has 3 N–H and O–H groups in total. The van der Waals surface area contributed by atoms with Gasteiger partial charge in [0.25, 0.3) is 0 Å². The van der Waals surface area contributed by atoms with Crippen LogP contribution in [0.5, 0.6) is 0 Å². The molecule has 0 heterocycles. The van der Waals surface area contributed by atoms with Crippen molar-refractivity contribution in [2.75, 3.05) is 0 Å². The first-order valence-corrected chi connectivity index (χ1v) is 14.1. The predicted octanol–water partition coefficient (Wildman–Crippen LogP) is 8.76. The highest BCUT2D eigenvalue weighted by Crippen LogP contribution is 2.35. The zero-order valence-corrected chi connectivity index (χ0v) is 24.0. The van der Waals surface area contributed by atoms with Crippen LogP contribution in [-0.2, 0) is 0 Å². The lowest BCUT2D eigenvalue weighted by molar-refractivity contribution is 0.127. The number of hydrogen-bond acceptors (Lipinski definition) is 3. The molecule has 0 spiro atoms. The molecule has 0 aliphatic heterocycles. The van der Waals surface area contributed by atoms with Crippen molar-refractivity contribution in [3.05, 3.63) is 108 Å². The summed E-state index contributed by atoms with van der Waals surface area (Å²) in [5, 5.41) is 31.5. The molecule has 4 aromatic rings. The summed E-state index contributed by atoms with van der Waals surface area (Å²) in [4.78, 5) is 0. The van der Waals surface area contributed by atoms with Crippen LogP contribution in [0, 0.1) is 17.8 Å². The van der Waals surface area contributed by atoms with Crippen LogP contribution in [0.4, 0.5) is 0 Å². The fourth-order valence-corrected chi connectivity index (χ4v) is 4.90. The van der Waals surface area contributed by atoms with E-state index in [0.29, 0.717) is 0 Å². The average Bonchev–Trinajstić information content (AvgIpc) is 2.95. The Morgan fingerprint density at radius 3 is 0.718 bits per heavy atom. The smallest absolute Gasteiger partial charge is 0.0812 e. The van der Waals surface area contributed by atoms with Gasteiger partial charge >= 0.3 is 0 Å². The van der Waals surface area contributed by atoms with Crippen molar-refractivity contribution in [1.29, 1.82) is 0 Å². The van der Waals surface area contributed by atoms with Gasteiger partial charge in [-0.3, -0.25) is 0 Å². The van der Waals surface area contributed by atoms with Crippen molar-refractivity contribution >= 4 is 0 Å². The molecular weight excluding hydrogens is 480 g/mol. The van der Waals surface area contributed by atoms with Crippen LogP contribution < -0.4 is 0 Å². The maximum absolute atomic E-state index is 10.5. The van der Waals surface area contributed by atoms with Gasteiger partial charge in [0.05, 0.1) is 18.3 Å². The third-order valence-electron chi connectivity index (χ3n) is 7.58. The molecule has 0 aromatic heterocycles. The number of benzene rings is 4. The van der Waals surface area contributed by atoms with Crippen molar-refractivity contribution in [2.45, 2.75) is 59.9 Å². The quantitative estimate of drug-likeness (QED) is 0.206. The summed E-state index contributed by atoms with van der Waals surface area (Å²) in [7, 11) is 0. The topological polar surface area (TPSA) is 60.7 Å². The van der Waals surface area contributed by atoms with Crippen LogP contribution in [0.25, 0.3) is 33.4 Å². The summed E-state index contributed by atoms with van der Waals surface area (Å²) in [5.74, 6) is 0.459. The van der Waals surface area contributed by atoms with Gasteiger partial charge in [-0.15, -0.1) is 0 Å². The molecule has 0 radical (unpaired) electrons. The molecule has 3 atom stereocenters. The van der Waals surface area contributed by atoms with Gasteiger partial charge in [-0.05, 0) is 86.0 Å². The highest BCUT2D eigenvalue weighted by atomic mass is 16.3. The zero-order valence-electron chi connectivity index (χ0n) is 24.0. The van der Waals surface area contributed by atoms with Gasteiger partial charge in [-0.1, -0.05) is 114 Å². The van der Waals surface area contributed by atoms with E-state index < -0.39 is 18.3 Å². The monoisotopic (exact) mass is 522 g/mol. The fourth-order valence-electron chi connectivity index (χ4n) is 4.90. The van der Waals surface area contributed by atoms with Crippen LogP contribution >= 0.6 is 0 Å². The van der Waals surface area contributed by atoms with Crippen LogP contribution in [-0.4, -0.2) is 15.3 Å². The molecule has 0 saturated heterocycles. The van der Waals surface area contributed by atoms with Crippen LogP contribution in [0.15, 0.2) is 91.0 Å². The first kappa shape index (κ1) is 28.8. The Balaban J connectivity index is 1.77. The molecule has 0 bridgehead atoms. The van der Waals surface area contributed by atoms with Crippen molar-refractivity contribution in [2.24, 2.45) is 17.8 Å². The minimum atomic E-state index is -0.486. The van der Waals surface area contributed by atoms with E-state index in [4.69, 9.17) is 0 Å². The first-order chi connectivity index (χ1) is 18.5. The number of rotatable bonds is 9. The van der Waals surface area contributed by atoms with Crippen molar-refractivity contribution < 1.29 is 15.3 Å². The molecule has 4 rings (SSSR count). The second kappa shape index (κ2) is 12.3. The summed E-state index contributed by atoms with van der Waals surface area (Å²) < 4.78 is 0. The summed E-state index contributed by atoms with van der Waals surface area (Å²) >= 11 is 0. The maximum atomic E-state index is 10.5. The van der Waals surface area contributed by atoms with Crippen LogP contribution in [0.1, 0.15) is 76.5 Å². The van der Waals surface area contributed by atoms with E-state index in [0.717, 1.165) is 50.1 Å². The molecule has 3 nitrogen and oxygen atoms in total. The summed E-state index contributed by atoms with van der Waals surface area (Å²) in [5.41, 5.74) is 9.27. The molecular formula is C36H42O3. The van der Waals surface area contributed by atoms with Crippen LogP contribution in [0.3, 0.4) is 0 Å². The molecule has 0 aliphatic carbocycles. The fraction of sp³-hybridized carbons (Fsp3) is 0.333. The van der Waals surface area contributed by atoms with Crippen molar-refractivity contribution in [1.82, 2.24) is 0 Å². The van der Waals surface area contributed by atoms with Gasteiger partial charge in [0.1, 0.15) is 0 Å². The first-order valence-electron chi connectivity index (χ1n) is 14.1. The van der Waals surface area contributed by atoms with E-state index in [1.807, 2.05) is 77.9 Å². The second-order valence-electron chi connectivity index (χ2n) is 11.7. The highest BCUT2D eigenvalue weighted by Gasteiger charge is 2.15. The van der Waals surface area contributed by atoms with E-state index in [1.54, 1.807) is 0 Å². The molecule has 3 unspecified atom stereocenters. The van der Waals surface area contributed by atoms with E-state index >= 15 is 0 Å². The minimum Gasteiger partial charge on any atom is -0.388 e. The Hall–Kier alpha value is -3.24. The number of aliphatic hydroxyl groups excluding tert-OH is 3. The predicted molar refractivity (Wildman–Crippen MR) is 162 cm³/mol. The molecule has 0 aliphatic rings. The summed E-state index contributed by atoms with van der Waals surface area (Å²) in [6, 6.07) is 31.1. The highest BCUT2D eigenvalue weighted by molar-refractivity contribution is 5.81. The second-order valence-corrected chi connectivity index (χ2v) is 11.7. The molecule has 4 aromatic carbocycles. The Bertz CT molecular complexity index is 1170. The van der Waals surface area contributed by atoms with E-state index in [9.17, 15) is 15.3 Å². The van der Waals surface area contributed by atoms with E-state index in [-0.39, 0.29) is 17.8 Å². The van der Waals surface area contributed by atoms with E-state index in [1.165, 1.54) is 0 Å². The largest absolute Gasteiger partial charge is 0.388 e. The molecule has 204 valence electrons. The van der Waals surface area contributed by atoms with Gasteiger partial charge in [-0.2, -0.15) is 0 Å². The molecule has 0 fully saturated rings. The lowest BCUT2D eigenvalue weighted by Gasteiger charge is -2.17. The SMILES string of the molecule is CC(C)C(O)c1ccc(-c2cc(-c3ccc(C(O)C(C)C)cc3)cc(-c3ccc(C(O)C(C)C)cc3)c2)cc1. The lowest BCUT2D eigenvalue weighted by atomic mass is 9.90. The lowest BCUT2D eigenvalue weighted by Crippen LogP contribution is -2.05. The Labute approximate surface area is 233 Å². The van der Waals surface area contributed by atoms with Gasteiger partial charge < -0.3 is 15.3 Å². The molecule has 0 amide bonds. The Morgan fingerprint density at radius 1 is 0.333 bits per heavy atom. The Kier molecular flexibility index (Phi) is 9.07. The third-order valence-corrected chi connectivity index (χ3v) is 7.58. The van der Waals surface area contributed by atoms with Gasteiger partial charge in [0, 0.05) is 0 Å². The van der Waals surface area contributed by atoms with Crippen LogP contribution in [0.2, 0.25) is 0 Å². The molecule has 39 heavy (non-hydrogen) atoms. The number of hydrogen-bond donors (Lipinski definition) is 3. The molecule has 3 heteroatoms. The Morgan fingerprint density at radius 2 is 0.538 bits per heavy atom. The average molecular weight is 523 g/mol. The standard InChI is InChI=1S/C36H42O3/c1-22(2)34(37)28-13-7-25(8-14-28)31-19-32(26-9-15-29(16-10-26)35(38)23(3)4)21-33(20-31)27-11-17-30(18-12-27)36(39)24(5)6/h7-24,34-39H,1-6H3. The van der Waals surface area contributed by atoms with Gasteiger partial charge in [0.2, 0.25) is 0 Å². The zero-order chi connectivity index (χ0) is 28.3. The third kappa shape index (κ3) is 6.67. The van der Waals surface area contributed by atoms with Crippen molar-refractivity contribution in [3.8, 4) is 33.4 Å². The van der Waals surface area contributed by atoms with Crippen molar-refractivity contribution in [3.63, 3.8) is 0 Å². The normalized spacial score (nSPS) is 14.2. The molecule has 0 saturated carbocycles. The summed E-state index contributed by atoms with van der Waals surface area (Å²) in [6.07, 6.45) is -1.46. The maximum Gasteiger partial charge on any atom is 0.0812 e. The van der Waals surface area contributed by atoms with E-state index in [2.05, 4.69) is 54.6 Å². The van der Waals surface area contributed by atoms with Gasteiger partial charge in [-0.25, -0.2) is 0 Å². The van der Waals surface area contributed by atoms with Gasteiger partial charge in [0.15, 0.2) is 0 Å².